The van der Waals surface area contributed by atoms with E-state index in [1.807, 2.05) is 18.7 Å². The monoisotopic (exact) mass is 236 g/mol. The second-order valence-corrected chi connectivity index (χ2v) is 5.50. The molecular formula is C8H13BrOS. The van der Waals surface area contributed by atoms with Crippen molar-refractivity contribution in [3.63, 3.8) is 0 Å². The fourth-order valence-electron chi connectivity index (χ4n) is 1.31. The number of carbonyl (C=O) groups excluding carboxylic acids is 1. The molecule has 0 N–H and O–H groups in total. The Balaban J connectivity index is 2.39. The Kier molecular flexibility index (Phi) is 3.93. The van der Waals surface area contributed by atoms with Crippen molar-refractivity contribution in [2.45, 2.75) is 24.6 Å². The molecule has 1 heterocycles. The summed E-state index contributed by atoms with van der Waals surface area (Å²) in [5, 5.41) is 0. The maximum absolute atomic E-state index is 11.4. The molecule has 1 nitrogen and oxygen atoms in total. The smallest absolute Gasteiger partial charge is 0.149 e. The van der Waals surface area contributed by atoms with Crippen molar-refractivity contribution < 1.29 is 4.79 Å². The molecule has 0 amide bonds. The third-order valence-electron chi connectivity index (χ3n) is 2.02. The van der Waals surface area contributed by atoms with Gasteiger partial charge in [0.1, 0.15) is 5.78 Å². The van der Waals surface area contributed by atoms with Gasteiger partial charge in [-0.2, -0.15) is 11.8 Å². The predicted molar refractivity (Wildman–Crippen MR) is 53.4 cm³/mol. The molecule has 0 spiro atoms. The number of Topliss-reactive ketones (excluding diaryl/α,β-unsaturated/α-hetero) is 1. The van der Waals surface area contributed by atoms with E-state index >= 15 is 0 Å². The van der Waals surface area contributed by atoms with E-state index in [2.05, 4.69) is 15.9 Å². The van der Waals surface area contributed by atoms with Crippen LogP contribution >= 0.6 is 27.7 Å². The highest BCUT2D eigenvalue weighted by Crippen LogP contribution is 2.25. The zero-order valence-corrected chi connectivity index (χ0v) is 9.08. The van der Waals surface area contributed by atoms with Crippen LogP contribution in [-0.4, -0.2) is 22.1 Å². The summed E-state index contributed by atoms with van der Waals surface area (Å²) < 4.78 is 0. The molecule has 1 unspecified atom stereocenters. The minimum atomic E-state index is 0.0515. The summed E-state index contributed by atoms with van der Waals surface area (Å²) in [5.41, 5.74) is 0. The molecule has 0 aromatic carbocycles. The molecule has 0 radical (unpaired) electrons. The van der Waals surface area contributed by atoms with E-state index in [-0.39, 0.29) is 4.83 Å². The Morgan fingerprint density at radius 1 is 1.55 bits per heavy atom. The quantitative estimate of drug-likeness (QED) is 0.686. The molecule has 1 fully saturated rings. The molecule has 0 saturated carbocycles. The van der Waals surface area contributed by atoms with Crippen molar-refractivity contribution in [2.24, 2.45) is 5.92 Å². The molecule has 0 bridgehead atoms. The highest BCUT2D eigenvalue weighted by Gasteiger charge is 2.23. The second-order valence-electron chi connectivity index (χ2n) is 2.91. The summed E-state index contributed by atoms with van der Waals surface area (Å²) in [7, 11) is 0. The molecule has 3 heteroatoms. The van der Waals surface area contributed by atoms with Gasteiger partial charge in [0.05, 0.1) is 4.83 Å². The lowest BCUT2D eigenvalue weighted by molar-refractivity contribution is -0.122. The van der Waals surface area contributed by atoms with Gasteiger partial charge in [0.25, 0.3) is 0 Å². The van der Waals surface area contributed by atoms with Crippen LogP contribution in [0.4, 0.5) is 0 Å². The van der Waals surface area contributed by atoms with E-state index in [1.54, 1.807) is 0 Å². The highest BCUT2D eigenvalue weighted by atomic mass is 79.9. The lowest BCUT2D eigenvalue weighted by atomic mass is 9.96. The predicted octanol–water partition coefficient (Wildman–Crippen LogP) is 2.48. The second kappa shape index (κ2) is 4.51. The standard InChI is InChI=1S/C8H13BrOS/c1-6(9)8(10)7-2-4-11-5-3-7/h6-7H,2-5H2,1H3. The molecule has 0 aromatic rings. The van der Waals surface area contributed by atoms with Crippen LogP contribution in [0.5, 0.6) is 0 Å². The molecule has 0 aliphatic carbocycles. The van der Waals surface area contributed by atoms with Crippen LogP contribution in [-0.2, 0) is 4.79 Å². The Morgan fingerprint density at radius 2 is 2.09 bits per heavy atom. The van der Waals surface area contributed by atoms with E-state index in [9.17, 15) is 4.79 Å². The number of hydrogen-bond acceptors (Lipinski definition) is 2. The summed E-state index contributed by atoms with van der Waals surface area (Å²) in [6.07, 6.45) is 2.17. The average Bonchev–Trinajstić information content (AvgIpc) is 2.05. The third kappa shape index (κ3) is 2.79. The first kappa shape index (κ1) is 9.59. The van der Waals surface area contributed by atoms with E-state index < -0.39 is 0 Å². The van der Waals surface area contributed by atoms with Gasteiger partial charge in [0.15, 0.2) is 0 Å². The van der Waals surface area contributed by atoms with Gasteiger partial charge in [0, 0.05) is 5.92 Å². The van der Waals surface area contributed by atoms with E-state index in [0.29, 0.717) is 11.7 Å². The Morgan fingerprint density at radius 3 is 2.55 bits per heavy atom. The van der Waals surface area contributed by atoms with Gasteiger partial charge in [-0.1, -0.05) is 15.9 Å². The lowest BCUT2D eigenvalue weighted by Crippen LogP contribution is -2.25. The van der Waals surface area contributed by atoms with Gasteiger partial charge in [-0.15, -0.1) is 0 Å². The van der Waals surface area contributed by atoms with Crippen molar-refractivity contribution >= 4 is 33.5 Å². The van der Waals surface area contributed by atoms with Gasteiger partial charge in [-0.3, -0.25) is 4.79 Å². The molecule has 1 aliphatic rings. The van der Waals surface area contributed by atoms with Crippen molar-refractivity contribution in [1.29, 1.82) is 0 Å². The third-order valence-corrected chi connectivity index (χ3v) is 3.52. The van der Waals surface area contributed by atoms with Crippen molar-refractivity contribution in [3.8, 4) is 0 Å². The minimum Gasteiger partial charge on any atom is -0.298 e. The van der Waals surface area contributed by atoms with Crippen LogP contribution in [0.15, 0.2) is 0 Å². The Labute approximate surface area is 80.4 Å². The number of carbonyl (C=O) groups is 1. The van der Waals surface area contributed by atoms with E-state index in [4.69, 9.17) is 0 Å². The van der Waals surface area contributed by atoms with Crippen LogP contribution < -0.4 is 0 Å². The summed E-state index contributed by atoms with van der Waals surface area (Å²) >= 11 is 5.28. The summed E-state index contributed by atoms with van der Waals surface area (Å²) in [4.78, 5) is 11.5. The van der Waals surface area contributed by atoms with Gasteiger partial charge < -0.3 is 0 Å². The number of halogens is 1. The normalized spacial score (nSPS) is 23.1. The van der Waals surface area contributed by atoms with E-state index in [1.165, 1.54) is 0 Å². The van der Waals surface area contributed by atoms with Crippen LogP contribution in [0.25, 0.3) is 0 Å². The van der Waals surface area contributed by atoms with Crippen molar-refractivity contribution in [3.05, 3.63) is 0 Å². The van der Waals surface area contributed by atoms with Gasteiger partial charge >= 0.3 is 0 Å². The number of ketones is 1. The summed E-state index contributed by atoms with van der Waals surface area (Å²) in [5.74, 6) is 3.06. The zero-order chi connectivity index (χ0) is 8.27. The highest BCUT2D eigenvalue weighted by molar-refractivity contribution is 9.10. The molecule has 11 heavy (non-hydrogen) atoms. The molecule has 1 atom stereocenters. The molecular weight excluding hydrogens is 224 g/mol. The van der Waals surface area contributed by atoms with Crippen LogP contribution in [0, 0.1) is 5.92 Å². The summed E-state index contributed by atoms with van der Waals surface area (Å²) in [6, 6.07) is 0. The number of rotatable bonds is 2. The van der Waals surface area contributed by atoms with Crippen LogP contribution in [0.3, 0.4) is 0 Å². The lowest BCUT2D eigenvalue weighted by Gasteiger charge is -2.20. The number of thioether (sulfide) groups is 1. The van der Waals surface area contributed by atoms with Gasteiger partial charge in [-0.05, 0) is 31.3 Å². The largest absolute Gasteiger partial charge is 0.298 e. The molecule has 64 valence electrons. The van der Waals surface area contributed by atoms with Crippen LogP contribution in [0.1, 0.15) is 19.8 Å². The maximum atomic E-state index is 11.4. The fourth-order valence-corrected chi connectivity index (χ4v) is 2.79. The van der Waals surface area contributed by atoms with Crippen molar-refractivity contribution in [2.75, 3.05) is 11.5 Å². The molecule has 1 saturated heterocycles. The number of hydrogen-bond donors (Lipinski definition) is 0. The Hall–Kier alpha value is 0.500. The molecule has 1 rings (SSSR count). The minimum absolute atomic E-state index is 0.0515. The topological polar surface area (TPSA) is 17.1 Å². The first-order chi connectivity index (χ1) is 5.22. The number of alkyl halides is 1. The maximum Gasteiger partial charge on any atom is 0.149 e. The summed E-state index contributed by atoms with van der Waals surface area (Å²) in [6.45, 7) is 1.92. The Bertz CT molecular complexity index is 141. The zero-order valence-electron chi connectivity index (χ0n) is 6.68. The van der Waals surface area contributed by atoms with Crippen molar-refractivity contribution in [1.82, 2.24) is 0 Å². The first-order valence-electron chi connectivity index (χ1n) is 3.97. The SMILES string of the molecule is CC(Br)C(=O)C1CCSCC1. The average molecular weight is 237 g/mol. The van der Waals surface area contributed by atoms with Gasteiger partial charge in [-0.25, -0.2) is 0 Å². The van der Waals surface area contributed by atoms with E-state index in [0.717, 1.165) is 24.3 Å². The first-order valence-corrected chi connectivity index (χ1v) is 6.04. The molecule has 1 aliphatic heterocycles. The molecule has 0 aromatic heterocycles. The van der Waals surface area contributed by atoms with Gasteiger partial charge in [0.2, 0.25) is 0 Å². The van der Waals surface area contributed by atoms with Crippen LogP contribution in [0.2, 0.25) is 0 Å². The fraction of sp³-hybridized carbons (Fsp3) is 0.875.